The number of rotatable bonds is 7. The molecular weight excluding hydrogens is 304 g/mol. The van der Waals surface area contributed by atoms with Crippen LogP contribution in [0, 0.1) is 0 Å². The summed E-state index contributed by atoms with van der Waals surface area (Å²) in [4.78, 5) is 11.8. The van der Waals surface area contributed by atoms with Gasteiger partial charge in [-0.05, 0) is 37.0 Å². The normalized spacial score (nSPS) is 18.3. The highest BCUT2D eigenvalue weighted by Gasteiger charge is 2.18. The number of carbonyl (C=O) groups excluding carboxylic acids is 1. The first kappa shape index (κ1) is 16.9. The number of aryl methyl sites for hydroxylation is 1. The molecule has 1 fully saturated rings. The third kappa shape index (κ3) is 4.79. The van der Waals surface area contributed by atoms with E-state index < -0.39 is 10.0 Å². The van der Waals surface area contributed by atoms with Gasteiger partial charge < -0.3 is 10.1 Å². The molecule has 0 aromatic heterocycles. The Morgan fingerprint density at radius 1 is 1.32 bits per heavy atom. The lowest BCUT2D eigenvalue weighted by Crippen LogP contribution is -2.39. The van der Waals surface area contributed by atoms with Crippen LogP contribution in [0.15, 0.2) is 29.2 Å². The van der Waals surface area contributed by atoms with Crippen molar-refractivity contribution in [2.45, 2.75) is 37.2 Å². The highest BCUT2D eigenvalue weighted by atomic mass is 32.2. The van der Waals surface area contributed by atoms with Crippen LogP contribution in [-0.4, -0.2) is 40.1 Å². The van der Waals surface area contributed by atoms with Gasteiger partial charge in [-0.3, -0.25) is 4.79 Å². The number of hydrogen-bond acceptors (Lipinski definition) is 4. The van der Waals surface area contributed by atoms with Crippen LogP contribution in [0.3, 0.4) is 0 Å². The highest BCUT2D eigenvalue weighted by Crippen LogP contribution is 2.11. The van der Waals surface area contributed by atoms with Gasteiger partial charge in [0.2, 0.25) is 15.9 Å². The number of nitrogens with one attached hydrogen (secondary N) is 2. The van der Waals surface area contributed by atoms with Gasteiger partial charge in [0.1, 0.15) is 0 Å². The molecule has 1 aliphatic rings. The van der Waals surface area contributed by atoms with Gasteiger partial charge in [-0.1, -0.05) is 19.1 Å². The van der Waals surface area contributed by atoms with Crippen molar-refractivity contribution in [3.8, 4) is 0 Å². The van der Waals surface area contributed by atoms with E-state index in [1.54, 1.807) is 24.3 Å². The van der Waals surface area contributed by atoms with Crippen LogP contribution in [0.25, 0.3) is 0 Å². The number of benzene rings is 1. The number of carbonyl (C=O) groups is 1. The first-order valence-electron chi connectivity index (χ1n) is 7.48. The van der Waals surface area contributed by atoms with E-state index in [-0.39, 0.29) is 23.5 Å². The second-order valence-electron chi connectivity index (χ2n) is 5.26. The monoisotopic (exact) mass is 326 g/mol. The van der Waals surface area contributed by atoms with Crippen molar-refractivity contribution in [2.24, 2.45) is 0 Å². The van der Waals surface area contributed by atoms with Crippen LogP contribution in [0.1, 0.15) is 25.3 Å². The van der Waals surface area contributed by atoms with Crippen molar-refractivity contribution in [3.63, 3.8) is 0 Å². The number of sulfonamides is 1. The van der Waals surface area contributed by atoms with E-state index in [0.29, 0.717) is 6.54 Å². The van der Waals surface area contributed by atoms with Crippen LogP contribution in [0.5, 0.6) is 0 Å². The van der Waals surface area contributed by atoms with Crippen molar-refractivity contribution >= 4 is 15.9 Å². The molecule has 6 nitrogen and oxygen atoms in total. The van der Waals surface area contributed by atoms with Crippen LogP contribution in [0.2, 0.25) is 0 Å². The molecule has 0 bridgehead atoms. The van der Waals surface area contributed by atoms with Gasteiger partial charge in [-0.2, -0.15) is 0 Å². The van der Waals surface area contributed by atoms with E-state index in [9.17, 15) is 13.2 Å². The van der Waals surface area contributed by atoms with Gasteiger partial charge in [0.15, 0.2) is 0 Å². The van der Waals surface area contributed by atoms with E-state index in [2.05, 4.69) is 10.0 Å². The zero-order chi connectivity index (χ0) is 16.0. The van der Waals surface area contributed by atoms with Gasteiger partial charge in [0.25, 0.3) is 0 Å². The van der Waals surface area contributed by atoms with E-state index in [1.807, 2.05) is 6.92 Å². The Labute approximate surface area is 131 Å². The third-order valence-corrected chi connectivity index (χ3v) is 5.03. The summed E-state index contributed by atoms with van der Waals surface area (Å²) in [5.74, 6) is -0.357. The average molecular weight is 326 g/mol. The largest absolute Gasteiger partial charge is 0.376 e. The summed E-state index contributed by atoms with van der Waals surface area (Å²) in [6.07, 6.45) is 2.82. The summed E-state index contributed by atoms with van der Waals surface area (Å²) in [5, 5.41) is 2.68. The summed E-state index contributed by atoms with van der Waals surface area (Å²) in [6, 6.07) is 6.63. The lowest BCUT2D eigenvalue weighted by atomic mass is 10.2. The molecule has 1 heterocycles. The Morgan fingerprint density at radius 3 is 2.64 bits per heavy atom. The maximum atomic E-state index is 12.1. The van der Waals surface area contributed by atoms with Crippen molar-refractivity contribution < 1.29 is 17.9 Å². The molecule has 1 saturated heterocycles. The molecule has 1 atom stereocenters. The van der Waals surface area contributed by atoms with Gasteiger partial charge in [-0.25, -0.2) is 13.1 Å². The van der Waals surface area contributed by atoms with Crippen molar-refractivity contribution in [1.82, 2.24) is 10.0 Å². The minimum absolute atomic E-state index is 0.0437. The third-order valence-electron chi connectivity index (χ3n) is 3.62. The molecule has 1 aromatic rings. The zero-order valence-electron chi connectivity index (χ0n) is 12.7. The minimum Gasteiger partial charge on any atom is -0.376 e. The molecule has 1 amide bonds. The first-order valence-corrected chi connectivity index (χ1v) is 8.96. The van der Waals surface area contributed by atoms with Gasteiger partial charge in [0.05, 0.1) is 17.5 Å². The molecule has 1 aromatic carbocycles. The molecule has 7 heteroatoms. The average Bonchev–Trinajstić information content (AvgIpc) is 3.04. The van der Waals surface area contributed by atoms with Crippen LogP contribution in [0.4, 0.5) is 0 Å². The van der Waals surface area contributed by atoms with E-state index in [4.69, 9.17) is 4.74 Å². The lowest BCUT2D eigenvalue weighted by Gasteiger charge is -2.11. The standard InChI is InChI=1S/C15H22N2O4S/c1-2-12-5-7-14(8-6-12)22(19,20)17-11-15(18)16-10-13-4-3-9-21-13/h5-8,13,17H,2-4,9-11H2,1H3,(H,16,18). The van der Waals surface area contributed by atoms with Crippen LogP contribution >= 0.6 is 0 Å². The highest BCUT2D eigenvalue weighted by molar-refractivity contribution is 7.89. The fourth-order valence-electron chi connectivity index (χ4n) is 2.24. The quantitative estimate of drug-likeness (QED) is 0.777. The fourth-order valence-corrected chi connectivity index (χ4v) is 3.23. The SMILES string of the molecule is CCc1ccc(S(=O)(=O)NCC(=O)NCC2CCCO2)cc1. The summed E-state index contributed by atoms with van der Waals surface area (Å²) < 4.78 is 31.9. The Bertz CT molecular complexity index is 592. The Morgan fingerprint density at radius 2 is 2.05 bits per heavy atom. The molecule has 0 spiro atoms. The van der Waals surface area contributed by atoms with E-state index in [1.165, 1.54) is 0 Å². The fraction of sp³-hybridized carbons (Fsp3) is 0.533. The summed E-state index contributed by atoms with van der Waals surface area (Å²) in [5.41, 5.74) is 1.06. The molecule has 1 aliphatic heterocycles. The topological polar surface area (TPSA) is 84.5 Å². The van der Waals surface area contributed by atoms with Crippen molar-refractivity contribution in [1.29, 1.82) is 0 Å². The Hall–Kier alpha value is -1.44. The van der Waals surface area contributed by atoms with Crippen LogP contribution in [-0.2, 0) is 26.0 Å². The lowest BCUT2D eigenvalue weighted by molar-refractivity contribution is -0.120. The number of hydrogen-bond donors (Lipinski definition) is 2. The zero-order valence-corrected chi connectivity index (χ0v) is 13.5. The first-order chi connectivity index (χ1) is 10.5. The molecule has 22 heavy (non-hydrogen) atoms. The number of amides is 1. The Kier molecular flexibility index (Phi) is 5.93. The van der Waals surface area contributed by atoms with Gasteiger partial charge in [0, 0.05) is 13.2 Å². The maximum absolute atomic E-state index is 12.1. The second kappa shape index (κ2) is 7.71. The molecule has 0 radical (unpaired) electrons. The maximum Gasteiger partial charge on any atom is 0.241 e. The molecule has 1 unspecified atom stereocenters. The Balaban J connectivity index is 1.81. The van der Waals surface area contributed by atoms with E-state index >= 15 is 0 Å². The minimum atomic E-state index is -3.66. The molecule has 2 rings (SSSR count). The predicted octanol–water partition coefficient (Wildman–Crippen LogP) is 0.823. The summed E-state index contributed by atoms with van der Waals surface area (Å²) in [7, 11) is -3.66. The van der Waals surface area contributed by atoms with Gasteiger partial charge >= 0.3 is 0 Å². The van der Waals surface area contributed by atoms with Gasteiger partial charge in [-0.15, -0.1) is 0 Å². The molecular formula is C15H22N2O4S. The summed E-state index contributed by atoms with van der Waals surface area (Å²) >= 11 is 0. The number of ether oxygens (including phenoxy) is 1. The molecule has 0 aliphatic carbocycles. The smallest absolute Gasteiger partial charge is 0.241 e. The van der Waals surface area contributed by atoms with Crippen molar-refractivity contribution in [3.05, 3.63) is 29.8 Å². The predicted molar refractivity (Wildman–Crippen MR) is 83.0 cm³/mol. The molecule has 122 valence electrons. The second-order valence-corrected chi connectivity index (χ2v) is 7.03. The van der Waals surface area contributed by atoms with E-state index in [0.717, 1.165) is 31.4 Å². The molecule has 2 N–H and O–H groups in total. The van der Waals surface area contributed by atoms with Crippen LogP contribution < -0.4 is 10.0 Å². The molecule has 0 saturated carbocycles. The van der Waals surface area contributed by atoms with Crippen molar-refractivity contribution in [2.75, 3.05) is 19.7 Å². The summed E-state index contributed by atoms with van der Waals surface area (Å²) in [6.45, 7) is 2.87.